The fraction of sp³-hybridized carbons (Fsp3) is 0.111. The number of halogens is 1. The molecule has 25 heavy (non-hydrogen) atoms. The number of anilines is 1. The summed E-state index contributed by atoms with van der Waals surface area (Å²) in [6.07, 6.45) is 1.84. The first-order chi connectivity index (χ1) is 12.1. The molecule has 0 aliphatic rings. The van der Waals surface area contributed by atoms with Crippen LogP contribution in [0.4, 0.5) is 10.3 Å². The first-order valence-corrected chi connectivity index (χ1v) is 7.65. The lowest BCUT2D eigenvalue weighted by molar-refractivity contribution is 0.419. The summed E-state index contributed by atoms with van der Waals surface area (Å²) >= 11 is 0. The molecule has 0 saturated heterocycles. The molecule has 2 heterocycles. The summed E-state index contributed by atoms with van der Waals surface area (Å²) < 4.78 is 20.9. The minimum Gasteiger partial charge on any atom is -0.508 e. The van der Waals surface area contributed by atoms with Gasteiger partial charge in [0, 0.05) is 23.6 Å². The topological polar surface area (TPSA) is 85.7 Å². The van der Waals surface area contributed by atoms with Gasteiger partial charge in [-0.05, 0) is 24.3 Å². The molecule has 0 atom stereocenters. The summed E-state index contributed by atoms with van der Waals surface area (Å²) in [4.78, 5) is 8.95. The molecule has 126 valence electrons. The van der Waals surface area contributed by atoms with Gasteiger partial charge in [-0.1, -0.05) is 12.1 Å². The van der Waals surface area contributed by atoms with Crippen LogP contribution in [-0.2, 0) is 6.42 Å². The Balaban J connectivity index is 1.91. The normalized spacial score (nSPS) is 11.3. The molecule has 0 spiro atoms. The smallest absolute Gasteiger partial charge is 0.206 e. The molecule has 6 nitrogen and oxygen atoms in total. The SMILES string of the molecule is COc1cccc2c1nc(N)n1cc(Cc3c(O)cccc3F)nc21. The highest BCUT2D eigenvalue weighted by Crippen LogP contribution is 2.29. The molecule has 4 aromatic rings. The lowest BCUT2D eigenvalue weighted by atomic mass is 10.1. The Bertz CT molecular complexity index is 1090. The Morgan fingerprint density at radius 2 is 2.00 bits per heavy atom. The quantitative estimate of drug-likeness (QED) is 0.600. The van der Waals surface area contributed by atoms with Gasteiger partial charge < -0.3 is 15.6 Å². The van der Waals surface area contributed by atoms with Gasteiger partial charge in [0.05, 0.1) is 12.8 Å². The summed E-state index contributed by atoms with van der Waals surface area (Å²) in [7, 11) is 1.56. The average molecular weight is 338 g/mol. The number of imidazole rings is 1. The van der Waals surface area contributed by atoms with Gasteiger partial charge >= 0.3 is 0 Å². The van der Waals surface area contributed by atoms with Gasteiger partial charge in [0.2, 0.25) is 5.95 Å². The number of phenolic OH excluding ortho intramolecular Hbond substituents is 1. The maximum atomic E-state index is 14.0. The first-order valence-electron chi connectivity index (χ1n) is 7.65. The van der Waals surface area contributed by atoms with Crippen molar-refractivity contribution in [3.8, 4) is 11.5 Å². The van der Waals surface area contributed by atoms with Crippen LogP contribution in [0.5, 0.6) is 11.5 Å². The van der Waals surface area contributed by atoms with Crippen LogP contribution in [0.25, 0.3) is 16.6 Å². The van der Waals surface area contributed by atoms with Crippen molar-refractivity contribution in [2.24, 2.45) is 0 Å². The van der Waals surface area contributed by atoms with Gasteiger partial charge in [0.1, 0.15) is 28.5 Å². The standard InChI is InChI=1S/C18H15FN4O2/c1-25-15-7-2-4-11-16(15)22-18(20)23-9-10(21-17(11)23)8-12-13(19)5-3-6-14(12)24/h2-7,9,24H,8H2,1H3,(H2,20,22). The van der Waals surface area contributed by atoms with Crippen LogP contribution < -0.4 is 10.5 Å². The average Bonchev–Trinajstić information content (AvgIpc) is 3.03. The highest BCUT2D eigenvalue weighted by atomic mass is 19.1. The van der Waals surface area contributed by atoms with E-state index in [1.165, 1.54) is 18.2 Å². The van der Waals surface area contributed by atoms with E-state index in [9.17, 15) is 9.50 Å². The molecule has 3 N–H and O–H groups in total. The van der Waals surface area contributed by atoms with Gasteiger partial charge in [-0.2, -0.15) is 0 Å². The lowest BCUT2D eigenvalue weighted by Crippen LogP contribution is -2.01. The van der Waals surface area contributed by atoms with Crippen LogP contribution in [0.3, 0.4) is 0 Å². The maximum Gasteiger partial charge on any atom is 0.206 e. The second-order valence-corrected chi connectivity index (χ2v) is 5.67. The number of hydrogen-bond donors (Lipinski definition) is 2. The van der Waals surface area contributed by atoms with E-state index in [0.29, 0.717) is 22.6 Å². The zero-order chi connectivity index (χ0) is 17.6. The molecule has 0 aliphatic carbocycles. The zero-order valence-corrected chi connectivity index (χ0v) is 13.4. The number of nitrogens with two attached hydrogens (primary N) is 1. The number of ether oxygens (including phenoxy) is 1. The number of hydrogen-bond acceptors (Lipinski definition) is 5. The van der Waals surface area contributed by atoms with E-state index >= 15 is 0 Å². The van der Waals surface area contributed by atoms with Crippen LogP contribution in [0, 0.1) is 5.82 Å². The van der Waals surface area contributed by atoms with E-state index < -0.39 is 5.82 Å². The monoisotopic (exact) mass is 338 g/mol. The van der Waals surface area contributed by atoms with Crippen molar-refractivity contribution in [3.05, 3.63) is 59.7 Å². The molecular weight excluding hydrogens is 323 g/mol. The van der Waals surface area contributed by atoms with E-state index in [1.807, 2.05) is 12.1 Å². The van der Waals surface area contributed by atoms with Crippen LogP contribution in [-0.4, -0.2) is 26.6 Å². The molecule has 0 aliphatic heterocycles. The molecule has 0 fully saturated rings. The van der Waals surface area contributed by atoms with Crippen LogP contribution in [0.1, 0.15) is 11.3 Å². The summed E-state index contributed by atoms with van der Waals surface area (Å²) in [5.74, 6) is 0.274. The summed E-state index contributed by atoms with van der Waals surface area (Å²) in [6.45, 7) is 0. The number of methoxy groups -OCH3 is 1. The van der Waals surface area contributed by atoms with Crippen LogP contribution in [0.15, 0.2) is 42.6 Å². The lowest BCUT2D eigenvalue weighted by Gasteiger charge is -2.07. The molecule has 2 aromatic carbocycles. The molecule has 4 rings (SSSR count). The Morgan fingerprint density at radius 3 is 2.76 bits per heavy atom. The molecule has 0 saturated carbocycles. The minimum atomic E-state index is -0.477. The van der Waals surface area contributed by atoms with Gasteiger partial charge in [-0.15, -0.1) is 0 Å². The molecule has 0 radical (unpaired) electrons. The molecular formula is C18H15FN4O2. The maximum absolute atomic E-state index is 14.0. The van der Waals surface area contributed by atoms with E-state index in [0.717, 1.165) is 5.39 Å². The van der Waals surface area contributed by atoms with E-state index in [2.05, 4.69) is 9.97 Å². The number of aromatic hydroxyl groups is 1. The van der Waals surface area contributed by atoms with Gasteiger partial charge in [-0.25, -0.2) is 14.4 Å². The molecule has 7 heteroatoms. The third-order valence-electron chi connectivity index (χ3n) is 4.14. The summed E-state index contributed by atoms with van der Waals surface area (Å²) in [5.41, 5.74) is 8.03. The van der Waals surface area contributed by atoms with Crippen molar-refractivity contribution in [1.82, 2.24) is 14.4 Å². The van der Waals surface area contributed by atoms with E-state index in [-0.39, 0.29) is 23.7 Å². The Labute approximate surface area is 142 Å². The number of phenols is 1. The van der Waals surface area contributed by atoms with Crippen LogP contribution in [0.2, 0.25) is 0 Å². The van der Waals surface area contributed by atoms with Crippen molar-refractivity contribution in [3.63, 3.8) is 0 Å². The number of nitrogens with zero attached hydrogens (tertiary/aromatic N) is 3. The van der Waals surface area contributed by atoms with Gasteiger partial charge in [0.25, 0.3) is 0 Å². The van der Waals surface area contributed by atoms with Crippen LogP contribution >= 0.6 is 0 Å². The van der Waals surface area contributed by atoms with Gasteiger partial charge in [-0.3, -0.25) is 4.40 Å². The molecule has 0 bridgehead atoms. The molecule has 0 unspecified atom stereocenters. The summed E-state index contributed by atoms with van der Waals surface area (Å²) in [5, 5.41) is 10.7. The predicted molar refractivity (Wildman–Crippen MR) is 92.3 cm³/mol. The highest BCUT2D eigenvalue weighted by molar-refractivity contribution is 5.96. The third kappa shape index (κ3) is 2.40. The second kappa shape index (κ2) is 5.62. The van der Waals surface area contributed by atoms with Crippen molar-refractivity contribution in [2.75, 3.05) is 12.8 Å². The number of rotatable bonds is 3. The number of para-hydroxylation sites is 1. The second-order valence-electron chi connectivity index (χ2n) is 5.67. The zero-order valence-electron chi connectivity index (χ0n) is 13.4. The number of aromatic nitrogens is 3. The predicted octanol–water partition coefficient (Wildman–Crippen LogP) is 2.91. The Hall–Kier alpha value is -3.35. The molecule has 0 amide bonds. The highest BCUT2D eigenvalue weighted by Gasteiger charge is 2.15. The van der Waals surface area contributed by atoms with E-state index in [4.69, 9.17) is 10.5 Å². The Kier molecular flexibility index (Phi) is 3.42. The molecule has 2 aromatic heterocycles. The van der Waals surface area contributed by atoms with Crippen molar-refractivity contribution in [2.45, 2.75) is 6.42 Å². The summed E-state index contributed by atoms with van der Waals surface area (Å²) in [6, 6.07) is 9.73. The minimum absolute atomic E-state index is 0.102. The third-order valence-corrected chi connectivity index (χ3v) is 4.14. The fourth-order valence-corrected chi connectivity index (χ4v) is 2.93. The van der Waals surface area contributed by atoms with Crippen molar-refractivity contribution in [1.29, 1.82) is 0 Å². The number of nitrogen functional groups attached to an aromatic ring is 1. The fourth-order valence-electron chi connectivity index (χ4n) is 2.93. The van der Waals surface area contributed by atoms with E-state index in [1.54, 1.807) is 23.8 Å². The number of fused-ring (bicyclic) bond motifs is 3. The van der Waals surface area contributed by atoms with Crippen molar-refractivity contribution >= 4 is 22.5 Å². The first kappa shape index (κ1) is 15.2. The Morgan fingerprint density at radius 1 is 1.20 bits per heavy atom. The largest absolute Gasteiger partial charge is 0.508 e. The van der Waals surface area contributed by atoms with Gasteiger partial charge in [0.15, 0.2) is 0 Å². The van der Waals surface area contributed by atoms with Crippen molar-refractivity contribution < 1.29 is 14.2 Å². The number of benzene rings is 2.